The number of hydrogen-bond acceptors (Lipinski definition) is 3. The van der Waals surface area contributed by atoms with Crippen LogP contribution in [0.1, 0.15) is 24.8 Å². The van der Waals surface area contributed by atoms with E-state index in [1.807, 2.05) is 0 Å². The van der Waals surface area contributed by atoms with Gasteiger partial charge in [0.05, 0.1) is 6.54 Å². The lowest BCUT2D eigenvalue weighted by molar-refractivity contribution is -0.122. The van der Waals surface area contributed by atoms with Crippen molar-refractivity contribution in [3.05, 3.63) is 66.2 Å². The molecule has 0 radical (unpaired) electrons. The lowest BCUT2D eigenvalue weighted by atomic mass is 10.0. The molecular weight excluding hydrogens is 346 g/mol. The van der Waals surface area contributed by atoms with E-state index in [0.29, 0.717) is 18.5 Å². The molecule has 0 aliphatic carbocycles. The van der Waals surface area contributed by atoms with Gasteiger partial charge in [0, 0.05) is 31.4 Å². The third-order valence-electron chi connectivity index (χ3n) is 6.16. The molecule has 2 aliphatic rings. The monoisotopic (exact) mass is 377 g/mol. The molecule has 4 heteroatoms. The van der Waals surface area contributed by atoms with Gasteiger partial charge in [0.1, 0.15) is 0 Å². The van der Waals surface area contributed by atoms with Crippen molar-refractivity contribution in [3.8, 4) is 0 Å². The maximum atomic E-state index is 12.5. The average Bonchev–Trinajstić information content (AvgIpc) is 3.38. The summed E-state index contributed by atoms with van der Waals surface area (Å²) in [6, 6.07) is 21.7. The zero-order chi connectivity index (χ0) is 19.2. The molecule has 2 aromatic rings. The molecule has 2 heterocycles. The van der Waals surface area contributed by atoms with Crippen molar-refractivity contribution in [3.63, 3.8) is 0 Å². The van der Waals surface area contributed by atoms with Crippen LogP contribution < -0.4 is 10.2 Å². The van der Waals surface area contributed by atoms with Crippen molar-refractivity contribution < 1.29 is 4.79 Å². The second kappa shape index (κ2) is 9.24. The second-order valence-corrected chi connectivity index (χ2v) is 8.20. The highest BCUT2D eigenvalue weighted by atomic mass is 16.2. The first-order valence-electron chi connectivity index (χ1n) is 10.6. The molecule has 148 valence electrons. The van der Waals surface area contributed by atoms with Crippen molar-refractivity contribution >= 4 is 11.6 Å². The molecule has 28 heavy (non-hydrogen) atoms. The fourth-order valence-electron chi connectivity index (χ4n) is 4.59. The van der Waals surface area contributed by atoms with Gasteiger partial charge in [0.25, 0.3) is 0 Å². The van der Waals surface area contributed by atoms with Crippen molar-refractivity contribution in [1.29, 1.82) is 0 Å². The standard InChI is InChI=1S/C24H31N3O/c28-24(19-26-14-7-12-23(26)16-20-8-3-1-4-9-20)25-17-21-13-15-27(18-21)22-10-5-2-6-11-22/h1-6,8-11,21,23H,7,12-19H2,(H,25,28)/t21-,23-/m0/s1. The quantitative estimate of drug-likeness (QED) is 0.804. The van der Waals surface area contributed by atoms with Crippen LogP contribution in [0.2, 0.25) is 0 Å². The van der Waals surface area contributed by atoms with Crippen molar-refractivity contribution in [2.45, 2.75) is 31.7 Å². The highest BCUT2D eigenvalue weighted by Crippen LogP contribution is 2.23. The van der Waals surface area contributed by atoms with Crippen molar-refractivity contribution in [1.82, 2.24) is 10.2 Å². The van der Waals surface area contributed by atoms with E-state index in [2.05, 4.69) is 75.8 Å². The van der Waals surface area contributed by atoms with Crippen LogP contribution >= 0.6 is 0 Å². The summed E-state index contributed by atoms with van der Waals surface area (Å²) in [7, 11) is 0. The van der Waals surface area contributed by atoms with Crippen LogP contribution in [0.15, 0.2) is 60.7 Å². The van der Waals surface area contributed by atoms with Gasteiger partial charge in [-0.3, -0.25) is 9.69 Å². The first-order valence-corrected chi connectivity index (χ1v) is 10.6. The second-order valence-electron chi connectivity index (χ2n) is 8.20. The van der Waals surface area contributed by atoms with Gasteiger partial charge in [-0.05, 0) is 55.8 Å². The van der Waals surface area contributed by atoms with E-state index in [0.717, 1.165) is 39.0 Å². The van der Waals surface area contributed by atoms with Gasteiger partial charge in [0.2, 0.25) is 5.91 Å². The molecule has 2 atom stereocenters. The zero-order valence-corrected chi connectivity index (χ0v) is 16.6. The minimum absolute atomic E-state index is 0.179. The predicted molar refractivity (Wildman–Crippen MR) is 115 cm³/mol. The van der Waals surface area contributed by atoms with E-state index in [4.69, 9.17) is 0 Å². The smallest absolute Gasteiger partial charge is 0.234 e. The Balaban J connectivity index is 1.21. The molecule has 0 aromatic heterocycles. The predicted octanol–water partition coefficient (Wildman–Crippen LogP) is 3.34. The topological polar surface area (TPSA) is 35.6 Å². The van der Waals surface area contributed by atoms with Gasteiger partial charge < -0.3 is 10.2 Å². The number of carbonyl (C=O) groups excluding carboxylic acids is 1. The van der Waals surface area contributed by atoms with E-state index in [9.17, 15) is 4.79 Å². The molecule has 0 bridgehead atoms. The number of benzene rings is 2. The largest absolute Gasteiger partial charge is 0.371 e. The number of rotatable bonds is 7. The Labute approximate surface area is 168 Å². The van der Waals surface area contributed by atoms with Crippen LogP contribution in [0.4, 0.5) is 5.69 Å². The van der Waals surface area contributed by atoms with Crippen molar-refractivity contribution in [2.75, 3.05) is 37.6 Å². The third-order valence-corrected chi connectivity index (χ3v) is 6.16. The maximum Gasteiger partial charge on any atom is 0.234 e. The molecule has 0 spiro atoms. The SMILES string of the molecule is O=C(CN1CCC[C@H]1Cc1ccccc1)NC[C@@H]1CCN(c2ccccc2)C1. The fourth-order valence-corrected chi connectivity index (χ4v) is 4.59. The summed E-state index contributed by atoms with van der Waals surface area (Å²) in [6.45, 7) is 4.47. The first-order chi connectivity index (χ1) is 13.8. The number of carbonyl (C=O) groups is 1. The third kappa shape index (κ3) is 4.93. The highest BCUT2D eigenvalue weighted by Gasteiger charge is 2.27. The molecule has 4 nitrogen and oxygen atoms in total. The molecule has 4 rings (SSSR count). The normalized spacial score (nSPS) is 22.5. The molecule has 0 unspecified atom stereocenters. The zero-order valence-electron chi connectivity index (χ0n) is 16.6. The molecule has 1 amide bonds. The van der Waals surface area contributed by atoms with Crippen LogP contribution in [0.25, 0.3) is 0 Å². The first kappa shape index (κ1) is 19.0. The highest BCUT2D eigenvalue weighted by molar-refractivity contribution is 5.78. The summed E-state index contributed by atoms with van der Waals surface area (Å²) in [4.78, 5) is 17.3. The average molecular weight is 378 g/mol. The van der Waals surface area contributed by atoms with Gasteiger partial charge in [0.15, 0.2) is 0 Å². The number of hydrogen-bond donors (Lipinski definition) is 1. The van der Waals surface area contributed by atoms with Gasteiger partial charge in [-0.15, -0.1) is 0 Å². The minimum atomic E-state index is 0.179. The molecule has 0 saturated carbocycles. The summed E-state index contributed by atoms with van der Waals surface area (Å²) in [5.74, 6) is 0.723. The number of nitrogens with one attached hydrogen (secondary N) is 1. The Hall–Kier alpha value is -2.33. The molecule has 2 fully saturated rings. The van der Waals surface area contributed by atoms with E-state index in [1.54, 1.807) is 0 Å². The minimum Gasteiger partial charge on any atom is -0.371 e. The Kier molecular flexibility index (Phi) is 6.27. The molecule has 1 N–H and O–H groups in total. The summed E-state index contributed by atoms with van der Waals surface area (Å²) < 4.78 is 0. The molecule has 2 aliphatic heterocycles. The lowest BCUT2D eigenvalue weighted by Gasteiger charge is -2.24. The summed E-state index contributed by atoms with van der Waals surface area (Å²) >= 11 is 0. The van der Waals surface area contributed by atoms with Crippen LogP contribution in [-0.4, -0.2) is 49.6 Å². The Morgan fingerprint density at radius 1 is 0.964 bits per heavy atom. The lowest BCUT2D eigenvalue weighted by Crippen LogP contribution is -2.42. The van der Waals surface area contributed by atoms with E-state index >= 15 is 0 Å². The summed E-state index contributed by atoms with van der Waals surface area (Å²) in [5.41, 5.74) is 2.66. The Morgan fingerprint density at radius 3 is 2.50 bits per heavy atom. The molecule has 2 saturated heterocycles. The van der Waals surface area contributed by atoms with Crippen LogP contribution in [0.5, 0.6) is 0 Å². The molecular formula is C24H31N3O. The van der Waals surface area contributed by atoms with E-state index in [-0.39, 0.29) is 5.91 Å². The van der Waals surface area contributed by atoms with Gasteiger partial charge in [-0.2, -0.15) is 0 Å². The van der Waals surface area contributed by atoms with Crippen LogP contribution in [-0.2, 0) is 11.2 Å². The van der Waals surface area contributed by atoms with E-state index < -0.39 is 0 Å². The Morgan fingerprint density at radius 2 is 1.71 bits per heavy atom. The van der Waals surface area contributed by atoms with Gasteiger partial charge in [-0.25, -0.2) is 0 Å². The van der Waals surface area contributed by atoms with Gasteiger partial charge in [-0.1, -0.05) is 48.5 Å². The number of nitrogens with zero attached hydrogens (tertiary/aromatic N) is 2. The fraction of sp³-hybridized carbons (Fsp3) is 0.458. The number of likely N-dealkylation sites (tertiary alicyclic amines) is 1. The summed E-state index contributed by atoms with van der Waals surface area (Å²) in [6.07, 6.45) is 4.58. The van der Waals surface area contributed by atoms with E-state index in [1.165, 1.54) is 24.1 Å². The maximum absolute atomic E-state index is 12.5. The van der Waals surface area contributed by atoms with Gasteiger partial charge >= 0.3 is 0 Å². The summed E-state index contributed by atoms with van der Waals surface area (Å²) in [5, 5.41) is 3.20. The number of amides is 1. The molecule has 2 aromatic carbocycles. The van der Waals surface area contributed by atoms with Crippen molar-refractivity contribution in [2.24, 2.45) is 5.92 Å². The van der Waals surface area contributed by atoms with Crippen LogP contribution in [0.3, 0.4) is 0 Å². The Bertz CT molecular complexity index is 749. The van der Waals surface area contributed by atoms with Crippen LogP contribution in [0, 0.1) is 5.92 Å². The number of anilines is 1. The number of para-hydroxylation sites is 1.